The Morgan fingerprint density at radius 3 is 2.37 bits per heavy atom. The number of carbonyl (C=O) groups excluding carboxylic acids is 2. The Morgan fingerprint density at radius 2 is 1.78 bits per heavy atom. The van der Waals surface area contributed by atoms with Crippen molar-refractivity contribution in [2.24, 2.45) is 0 Å². The Bertz CT molecular complexity index is 816. The third kappa shape index (κ3) is 4.36. The third-order valence-corrected chi connectivity index (χ3v) is 4.29. The van der Waals surface area contributed by atoms with Crippen molar-refractivity contribution < 1.29 is 22.8 Å². The Morgan fingerprint density at radius 1 is 1.07 bits per heavy atom. The number of carbonyl (C=O) groups is 2. The number of halogens is 3. The van der Waals surface area contributed by atoms with Crippen LogP contribution in [0.5, 0.6) is 0 Å². The molecule has 1 saturated heterocycles. The highest BCUT2D eigenvalue weighted by atomic mass is 19.4. The highest BCUT2D eigenvalue weighted by Crippen LogP contribution is 2.34. The van der Waals surface area contributed by atoms with Gasteiger partial charge in [0.2, 0.25) is 6.41 Å². The van der Waals surface area contributed by atoms with E-state index in [4.69, 9.17) is 0 Å². The molecule has 1 fully saturated rings. The van der Waals surface area contributed by atoms with Crippen LogP contribution in [0.15, 0.2) is 42.6 Å². The molecule has 3 rings (SSSR count). The zero-order chi connectivity index (χ0) is 19.4. The first-order valence-electron chi connectivity index (χ1n) is 8.26. The number of amides is 2. The van der Waals surface area contributed by atoms with Crippen LogP contribution in [-0.2, 0) is 11.0 Å². The van der Waals surface area contributed by atoms with Crippen LogP contribution in [0, 0.1) is 0 Å². The number of aromatic nitrogens is 1. The minimum absolute atomic E-state index is 0.0160. The molecule has 9 heteroatoms. The molecule has 2 aromatic rings. The van der Waals surface area contributed by atoms with Gasteiger partial charge in [-0.15, -0.1) is 0 Å². The topological polar surface area (TPSA) is 65.5 Å². The van der Waals surface area contributed by atoms with Gasteiger partial charge in [0.15, 0.2) is 0 Å². The maximum Gasteiger partial charge on any atom is 0.418 e. The summed E-state index contributed by atoms with van der Waals surface area (Å²) in [6.07, 6.45) is -2.26. The van der Waals surface area contributed by atoms with Crippen molar-refractivity contribution in [1.82, 2.24) is 9.88 Å². The first-order chi connectivity index (χ1) is 12.9. The molecule has 0 unspecified atom stereocenters. The van der Waals surface area contributed by atoms with Crippen molar-refractivity contribution >= 4 is 23.7 Å². The smallest absolute Gasteiger partial charge is 0.367 e. The number of pyridine rings is 1. The Labute approximate surface area is 153 Å². The van der Waals surface area contributed by atoms with Gasteiger partial charge in [-0.2, -0.15) is 13.2 Å². The number of rotatable bonds is 4. The molecular formula is C18H17F3N4O2. The van der Waals surface area contributed by atoms with Crippen molar-refractivity contribution in [2.75, 3.05) is 36.4 Å². The second-order valence-electron chi connectivity index (χ2n) is 6.03. The fraction of sp³-hybridized carbons (Fsp3) is 0.278. The highest BCUT2D eigenvalue weighted by molar-refractivity contribution is 6.03. The van der Waals surface area contributed by atoms with Crippen molar-refractivity contribution in [1.29, 1.82) is 0 Å². The molecule has 0 bridgehead atoms. The number of nitrogens with one attached hydrogen (secondary N) is 1. The van der Waals surface area contributed by atoms with Crippen LogP contribution in [0.3, 0.4) is 0 Å². The molecule has 1 aliphatic rings. The van der Waals surface area contributed by atoms with Gasteiger partial charge in [-0.3, -0.25) is 9.59 Å². The molecule has 1 aromatic heterocycles. The van der Waals surface area contributed by atoms with E-state index < -0.39 is 17.6 Å². The van der Waals surface area contributed by atoms with Gasteiger partial charge in [0.05, 0.1) is 23.1 Å². The molecule has 2 heterocycles. The maximum atomic E-state index is 13.0. The predicted molar refractivity (Wildman–Crippen MR) is 93.5 cm³/mol. The predicted octanol–water partition coefficient (Wildman–Crippen LogP) is 2.63. The number of alkyl halides is 3. The summed E-state index contributed by atoms with van der Waals surface area (Å²) in [6.45, 7) is 2.48. The first-order valence-corrected chi connectivity index (χ1v) is 8.26. The molecule has 2 amide bonds. The van der Waals surface area contributed by atoms with Crippen LogP contribution < -0.4 is 10.2 Å². The third-order valence-electron chi connectivity index (χ3n) is 4.29. The van der Waals surface area contributed by atoms with Crippen LogP contribution in [0.2, 0.25) is 0 Å². The lowest BCUT2D eigenvalue weighted by Crippen LogP contribution is -2.45. The second kappa shape index (κ2) is 7.65. The van der Waals surface area contributed by atoms with Gasteiger partial charge in [0.25, 0.3) is 5.91 Å². The van der Waals surface area contributed by atoms with Gasteiger partial charge in [-0.25, -0.2) is 4.98 Å². The van der Waals surface area contributed by atoms with Crippen molar-refractivity contribution in [3.63, 3.8) is 0 Å². The molecule has 0 radical (unpaired) electrons. The summed E-state index contributed by atoms with van der Waals surface area (Å²) in [5, 5.41) is 2.27. The minimum atomic E-state index is -4.56. The van der Waals surface area contributed by atoms with Gasteiger partial charge >= 0.3 is 6.18 Å². The van der Waals surface area contributed by atoms with Crippen LogP contribution in [0.25, 0.3) is 0 Å². The van der Waals surface area contributed by atoms with Gasteiger partial charge in [0.1, 0.15) is 5.69 Å². The summed E-state index contributed by atoms with van der Waals surface area (Å²) in [6, 6.07) is 7.93. The number of anilines is 2. The molecule has 0 atom stereocenters. The van der Waals surface area contributed by atoms with Gasteiger partial charge in [-0.1, -0.05) is 12.1 Å². The lowest BCUT2D eigenvalue weighted by molar-refractivity contribution is -0.136. The average molecular weight is 378 g/mol. The van der Waals surface area contributed by atoms with E-state index in [9.17, 15) is 22.8 Å². The van der Waals surface area contributed by atoms with Gasteiger partial charge in [0, 0.05) is 26.2 Å². The molecular weight excluding hydrogens is 361 g/mol. The number of hydrogen-bond acceptors (Lipinski definition) is 4. The fourth-order valence-electron chi connectivity index (χ4n) is 2.82. The lowest BCUT2D eigenvalue weighted by atomic mass is 10.1. The van der Waals surface area contributed by atoms with E-state index in [1.165, 1.54) is 30.5 Å². The molecule has 0 aliphatic carbocycles. The summed E-state index contributed by atoms with van der Waals surface area (Å²) in [7, 11) is 0. The molecule has 1 aromatic carbocycles. The van der Waals surface area contributed by atoms with E-state index in [0.717, 1.165) is 18.2 Å². The van der Waals surface area contributed by atoms with Crippen molar-refractivity contribution in [3.8, 4) is 0 Å². The van der Waals surface area contributed by atoms with E-state index >= 15 is 0 Å². The van der Waals surface area contributed by atoms with Crippen LogP contribution in [-0.4, -0.2) is 48.4 Å². The summed E-state index contributed by atoms with van der Waals surface area (Å²) >= 11 is 0. The number of benzene rings is 1. The average Bonchev–Trinajstić information content (AvgIpc) is 2.68. The molecule has 0 spiro atoms. The Hall–Kier alpha value is -3.10. The molecule has 0 saturated carbocycles. The number of nitrogens with zero attached hydrogens (tertiary/aromatic N) is 3. The maximum absolute atomic E-state index is 13.0. The monoisotopic (exact) mass is 378 g/mol. The largest absolute Gasteiger partial charge is 0.418 e. The molecule has 142 valence electrons. The number of piperazine rings is 1. The first kappa shape index (κ1) is 18.7. The number of para-hydroxylation sites is 1. The molecule has 6 nitrogen and oxygen atoms in total. The summed E-state index contributed by atoms with van der Waals surface area (Å²) < 4.78 is 39.0. The minimum Gasteiger partial charge on any atom is -0.367 e. The van der Waals surface area contributed by atoms with Gasteiger partial charge < -0.3 is 15.1 Å². The zero-order valence-corrected chi connectivity index (χ0v) is 14.2. The van der Waals surface area contributed by atoms with E-state index in [-0.39, 0.29) is 11.4 Å². The summed E-state index contributed by atoms with van der Waals surface area (Å²) in [5.41, 5.74) is -0.427. The Balaban J connectivity index is 1.69. The second-order valence-corrected chi connectivity index (χ2v) is 6.03. The van der Waals surface area contributed by atoms with Crippen molar-refractivity contribution in [3.05, 3.63) is 53.9 Å². The van der Waals surface area contributed by atoms with Crippen LogP contribution in [0.1, 0.15) is 16.1 Å². The SMILES string of the molecule is O=CN1CCN(c2ccc(C(=O)Nc3ccccc3C(F)(F)F)nc2)CC1. The molecule has 1 aliphatic heterocycles. The molecule has 27 heavy (non-hydrogen) atoms. The van der Waals surface area contributed by atoms with E-state index in [0.29, 0.717) is 26.2 Å². The van der Waals surface area contributed by atoms with Crippen molar-refractivity contribution in [2.45, 2.75) is 6.18 Å². The highest BCUT2D eigenvalue weighted by Gasteiger charge is 2.33. The fourth-order valence-corrected chi connectivity index (χ4v) is 2.82. The Kier molecular flexibility index (Phi) is 5.29. The standard InChI is InChI=1S/C18H17F3N4O2/c19-18(20,21)14-3-1-2-4-15(14)23-17(27)16-6-5-13(11-22-16)25-9-7-24(12-26)8-10-25/h1-6,11-12H,7-10H2,(H,23,27). The quantitative estimate of drug-likeness (QED) is 0.831. The zero-order valence-electron chi connectivity index (χ0n) is 14.2. The summed E-state index contributed by atoms with van der Waals surface area (Å²) in [5.74, 6) is -0.718. The normalized spacial score (nSPS) is 14.8. The van der Waals surface area contributed by atoms with Crippen LogP contribution in [0.4, 0.5) is 24.5 Å². The van der Waals surface area contributed by atoms with E-state index in [1.807, 2.05) is 4.90 Å². The van der Waals surface area contributed by atoms with E-state index in [2.05, 4.69) is 10.3 Å². The van der Waals surface area contributed by atoms with Crippen LogP contribution >= 0.6 is 0 Å². The summed E-state index contributed by atoms with van der Waals surface area (Å²) in [4.78, 5) is 30.8. The molecule has 1 N–H and O–H groups in total. The van der Waals surface area contributed by atoms with Gasteiger partial charge in [-0.05, 0) is 24.3 Å². The lowest BCUT2D eigenvalue weighted by Gasteiger charge is -2.33. The van der Waals surface area contributed by atoms with E-state index in [1.54, 1.807) is 11.0 Å². The number of hydrogen-bond donors (Lipinski definition) is 1.